The summed E-state index contributed by atoms with van der Waals surface area (Å²) in [5.41, 5.74) is 7.30. The van der Waals surface area contributed by atoms with Gasteiger partial charge in [0.15, 0.2) is 0 Å². The molecule has 3 nitrogen and oxygen atoms in total. The molecule has 0 aromatic carbocycles. The SMILES string of the molecule is Nc1ccncc1CC(O)CCCCl. The van der Waals surface area contributed by atoms with Gasteiger partial charge < -0.3 is 10.8 Å². The number of pyridine rings is 1. The van der Waals surface area contributed by atoms with Crippen molar-refractivity contribution in [2.45, 2.75) is 25.4 Å². The van der Waals surface area contributed by atoms with Crippen LogP contribution >= 0.6 is 11.6 Å². The van der Waals surface area contributed by atoms with E-state index < -0.39 is 0 Å². The highest BCUT2D eigenvalue weighted by Gasteiger charge is 2.07. The molecule has 1 unspecified atom stereocenters. The predicted octanol–water partition coefficient (Wildman–Crippen LogP) is 1.59. The maximum absolute atomic E-state index is 9.62. The van der Waals surface area contributed by atoms with Crippen LogP contribution in [0, 0.1) is 0 Å². The molecule has 0 fully saturated rings. The summed E-state index contributed by atoms with van der Waals surface area (Å²) < 4.78 is 0. The molecule has 0 amide bonds. The molecule has 1 rings (SSSR count). The number of hydrogen-bond donors (Lipinski definition) is 2. The summed E-state index contributed by atoms with van der Waals surface area (Å²) in [5, 5.41) is 9.62. The molecule has 1 aromatic rings. The number of rotatable bonds is 5. The summed E-state index contributed by atoms with van der Waals surface area (Å²) in [6, 6.07) is 1.74. The van der Waals surface area contributed by atoms with Crippen molar-refractivity contribution in [3.05, 3.63) is 24.0 Å². The molecule has 0 aliphatic carbocycles. The molecule has 4 heteroatoms. The maximum Gasteiger partial charge on any atom is 0.0582 e. The average Bonchev–Trinajstić information content (AvgIpc) is 2.18. The van der Waals surface area contributed by atoms with Crippen LogP contribution in [0.15, 0.2) is 18.5 Å². The normalized spacial score (nSPS) is 12.7. The van der Waals surface area contributed by atoms with Gasteiger partial charge in [0.05, 0.1) is 6.10 Å². The standard InChI is InChI=1S/C10H15ClN2O/c11-4-1-2-9(14)6-8-7-13-5-3-10(8)12/h3,5,7,9,14H,1-2,4,6H2,(H2,12,13). The number of alkyl halides is 1. The van der Waals surface area contributed by atoms with Gasteiger partial charge in [0.2, 0.25) is 0 Å². The first-order valence-electron chi connectivity index (χ1n) is 4.66. The minimum atomic E-state index is -0.375. The third-order valence-corrected chi connectivity index (χ3v) is 2.34. The molecular formula is C10H15ClN2O. The van der Waals surface area contributed by atoms with Crippen LogP contribution in [-0.2, 0) is 6.42 Å². The van der Waals surface area contributed by atoms with Crippen molar-refractivity contribution >= 4 is 17.3 Å². The van der Waals surface area contributed by atoms with Gasteiger partial charge in [-0.05, 0) is 24.5 Å². The van der Waals surface area contributed by atoms with Crippen LogP contribution in [0.25, 0.3) is 0 Å². The van der Waals surface area contributed by atoms with E-state index in [4.69, 9.17) is 17.3 Å². The van der Waals surface area contributed by atoms with Gasteiger partial charge in [0, 0.05) is 30.4 Å². The molecule has 1 heterocycles. The average molecular weight is 215 g/mol. The third kappa shape index (κ3) is 3.52. The zero-order valence-corrected chi connectivity index (χ0v) is 8.74. The second kappa shape index (κ2) is 5.83. The molecule has 14 heavy (non-hydrogen) atoms. The molecule has 78 valence electrons. The third-order valence-electron chi connectivity index (χ3n) is 2.07. The number of aliphatic hydroxyl groups is 1. The van der Waals surface area contributed by atoms with Crippen LogP contribution in [0.2, 0.25) is 0 Å². The topological polar surface area (TPSA) is 59.1 Å². The molecule has 0 saturated heterocycles. The summed E-state index contributed by atoms with van der Waals surface area (Å²) in [6.45, 7) is 0. The van der Waals surface area contributed by atoms with E-state index in [0.717, 1.165) is 12.0 Å². The Morgan fingerprint density at radius 2 is 2.36 bits per heavy atom. The van der Waals surface area contributed by atoms with E-state index in [-0.39, 0.29) is 6.10 Å². The van der Waals surface area contributed by atoms with E-state index >= 15 is 0 Å². The van der Waals surface area contributed by atoms with Crippen LogP contribution in [0.1, 0.15) is 18.4 Å². The Morgan fingerprint density at radius 1 is 1.57 bits per heavy atom. The lowest BCUT2D eigenvalue weighted by Crippen LogP contribution is -2.12. The van der Waals surface area contributed by atoms with Crippen molar-refractivity contribution in [1.29, 1.82) is 0 Å². The molecular weight excluding hydrogens is 200 g/mol. The fourth-order valence-corrected chi connectivity index (χ4v) is 1.43. The highest BCUT2D eigenvalue weighted by Crippen LogP contribution is 2.13. The van der Waals surface area contributed by atoms with E-state index in [2.05, 4.69) is 4.98 Å². The Morgan fingerprint density at radius 3 is 3.00 bits per heavy atom. The molecule has 3 N–H and O–H groups in total. The minimum absolute atomic E-state index is 0.375. The maximum atomic E-state index is 9.62. The predicted molar refractivity (Wildman–Crippen MR) is 58.3 cm³/mol. The first kappa shape index (κ1) is 11.3. The number of nitrogens with two attached hydrogens (primary N) is 1. The van der Waals surface area contributed by atoms with Crippen molar-refractivity contribution in [1.82, 2.24) is 4.98 Å². The summed E-state index contributed by atoms with van der Waals surface area (Å²) in [6.07, 6.45) is 5.04. The van der Waals surface area contributed by atoms with Crippen LogP contribution in [0.5, 0.6) is 0 Å². The van der Waals surface area contributed by atoms with E-state index in [1.165, 1.54) is 0 Å². The van der Waals surface area contributed by atoms with Gasteiger partial charge >= 0.3 is 0 Å². The second-order valence-corrected chi connectivity index (χ2v) is 3.64. The van der Waals surface area contributed by atoms with Crippen molar-refractivity contribution in [2.24, 2.45) is 0 Å². The lowest BCUT2D eigenvalue weighted by Gasteiger charge is -2.10. The molecule has 0 saturated carbocycles. The Balaban J connectivity index is 2.47. The largest absolute Gasteiger partial charge is 0.398 e. The van der Waals surface area contributed by atoms with Crippen molar-refractivity contribution in [3.63, 3.8) is 0 Å². The number of nitrogen functional groups attached to an aromatic ring is 1. The molecule has 0 radical (unpaired) electrons. The lowest BCUT2D eigenvalue weighted by molar-refractivity contribution is 0.164. The van der Waals surface area contributed by atoms with E-state index in [0.29, 0.717) is 24.4 Å². The van der Waals surface area contributed by atoms with Crippen LogP contribution in [0.4, 0.5) is 5.69 Å². The molecule has 0 spiro atoms. The Hall–Kier alpha value is -0.800. The van der Waals surface area contributed by atoms with E-state index in [1.54, 1.807) is 18.5 Å². The zero-order chi connectivity index (χ0) is 10.4. The number of nitrogens with zero attached hydrogens (tertiary/aromatic N) is 1. The van der Waals surface area contributed by atoms with Crippen molar-refractivity contribution in [2.75, 3.05) is 11.6 Å². The fourth-order valence-electron chi connectivity index (χ4n) is 1.28. The summed E-state index contributed by atoms with van der Waals surface area (Å²) >= 11 is 5.53. The Kier molecular flexibility index (Phi) is 4.70. The van der Waals surface area contributed by atoms with Crippen LogP contribution in [-0.4, -0.2) is 22.1 Å². The van der Waals surface area contributed by atoms with Gasteiger partial charge in [-0.25, -0.2) is 0 Å². The zero-order valence-electron chi connectivity index (χ0n) is 7.99. The van der Waals surface area contributed by atoms with Crippen LogP contribution in [0.3, 0.4) is 0 Å². The van der Waals surface area contributed by atoms with Gasteiger partial charge in [0.1, 0.15) is 0 Å². The van der Waals surface area contributed by atoms with Gasteiger partial charge in [-0.1, -0.05) is 0 Å². The second-order valence-electron chi connectivity index (χ2n) is 3.26. The fraction of sp³-hybridized carbons (Fsp3) is 0.500. The number of aliphatic hydroxyl groups excluding tert-OH is 1. The van der Waals surface area contributed by atoms with Gasteiger partial charge in [0.25, 0.3) is 0 Å². The van der Waals surface area contributed by atoms with Crippen molar-refractivity contribution < 1.29 is 5.11 Å². The lowest BCUT2D eigenvalue weighted by atomic mass is 10.1. The van der Waals surface area contributed by atoms with Gasteiger partial charge in [-0.3, -0.25) is 4.98 Å². The molecule has 0 bridgehead atoms. The highest BCUT2D eigenvalue weighted by atomic mass is 35.5. The van der Waals surface area contributed by atoms with Gasteiger partial charge in [-0.15, -0.1) is 11.6 Å². The quantitative estimate of drug-likeness (QED) is 0.732. The number of aromatic nitrogens is 1. The molecule has 0 aliphatic rings. The number of anilines is 1. The Labute approximate surface area is 88.9 Å². The van der Waals surface area contributed by atoms with E-state index in [1.807, 2.05) is 0 Å². The number of hydrogen-bond acceptors (Lipinski definition) is 3. The summed E-state index contributed by atoms with van der Waals surface area (Å²) in [7, 11) is 0. The highest BCUT2D eigenvalue weighted by molar-refractivity contribution is 6.17. The molecule has 1 atom stereocenters. The minimum Gasteiger partial charge on any atom is -0.398 e. The summed E-state index contributed by atoms with van der Waals surface area (Å²) in [4.78, 5) is 3.96. The number of halogens is 1. The Bertz CT molecular complexity index is 281. The van der Waals surface area contributed by atoms with Crippen molar-refractivity contribution in [3.8, 4) is 0 Å². The smallest absolute Gasteiger partial charge is 0.0582 e. The molecule has 0 aliphatic heterocycles. The van der Waals surface area contributed by atoms with Gasteiger partial charge in [-0.2, -0.15) is 0 Å². The first-order chi connectivity index (χ1) is 6.74. The molecule has 1 aromatic heterocycles. The first-order valence-corrected chi connectivity index (χ1v) is 5.20. The van der Waals surface area contributed by atoms with E-state index in [9.17, 15) is 5.11 Å². The van der Waals surface area contributed by atoms with Crippen LogP contribution < -0.4 is 5.73 Å². The summed E-state index contributed by atoms with van der Waals surface area (Å²) in [5.74, 6) is 0.583. The monoisotopic (exact) mass is 214 g/mol.